The number of benzene rings is 1. The minimum Gasteiger partial charge on any atom is -0.398 e. The van der Waals surface area contributed by atoms with E-state index in [1.165, 1.54) is 6.42 Å². The number of amides is 1. The molecule has 0 radical (unpaired) electrons. The van der Waals surface area contributed by atoms with Crippen LogP contribution in [0.2, 0.25) is 0 Å². The summed E-state index contributed by atoms with van der Waals surface area (Å²) in [5.41, 5.74) is 8.41. The highest BCUT2D eigenvalue weighted by Gasteiger charge is 2.31. The molecule has 0 aliphatic heterocycles. The van der Waals surface area contributed by atoms with Gasteiger partial charge in [-0.1, -0.05) is 25.5 Å². The molecule has 3 N–H and O–H groups in total. The molecule has 1 atom stereocenters. The molecule has 0 spiro atoms. The van der Waals surface area contributed by atoms with Crippen molar-refractivity contribution in [3.05, 3.63) is 29.3 Å². The van der Waals surface area contributed by atoms with E-state index in [-0.39, 0.29) is 11.9 Å². The third-order valence-electron chi connectivity index (χ3n) is 3.76. The summed E-state index contributed by atoms with van der Waals surface area (Å²) >= 11 is 0. The van der Waals surface area contributed by atoms with Crippen LogP contribution in [0.3, 0.4) is 0 Å². The second-order valence-electron chi connectivity index (χ2n) is 6.17. The Morgan fingerprint density at radius 2 is 2.17 bits per heavy atom. The van der Waals surface area contributed by atoms with Crippen LogP contribution in [0.1, 0.15) is 49.0 Å². The first-order valence-electron chi connectivity index (χ1n) is 6.54. The molecule has 3 nitrogen and oxygen atoms in total. The molecule has 1 aromatic rings. The van der Waals surface area contributed by atoms with Crippen LogP contribution in [0.15, 0.2) is 18.2 Å². The quantitative estimate of drug-likeness (QED) is 0.788. The fourth-order valence-corrected chi connectivity index (χ4v) is 2.69. The van der Waals surface area contributed by atoms with Crippen LogP contribution in [0, 0.1) is 12.3 Å². The monoisotopic (exact) mass is 246 g/mol. The maximum Gasteiger partial charge on any atom is 0.253 e. The Labute approximate surface area is 109 Å². The van der Waals surface area contributed by atoms with Gasteiger partial charge in [-0.25, -0.2) is 0 Å². The molecule has 0 saturated heterocycles. The maximum atomic E-state index is 12.2. The summed E-state index contributed by atoms with van der Waals surface area (Å²) in [6, 6.07) is 5.85. The smallest absolute Gasteiger partial charge is 0.253 e. The van der Waals surface area contributed by atoms with Crippen LogP contribution < -0.4 is 11.1 Å². The second kappa shape index (κ2) is 4.63. The number of aryl methyl sites for hydroxylation is 1. The van der Waals surface area contributed by atoms with E-state index < -0.39 is 0 Å². The molecule has 1 aliphatic rings. The highest BCUT2D eigenvalue weighted by Crippen LogP contribution is 2.37. The predicted molar refractivity (Wildman–Crippen MR) is 74.5 cm³/mol. The SMILES string of the molecule is Cc1ccc(N)c(C(=O)NC2CCC(C)(C)C2)c1. The summed E-state index contributed by atoms with van der Waals surface area (Å²) in [7, 11) is 0. The molecule has 1 aliphatic carbocycles. The van der Waals surface area contributed by atoms with Gasteiger partial charge in [0.2, 0.25) is 0 Å². The molecular formula is C15H22N2O. The van der Waals surface area contributed by atoms with Crippen molar-refractivity contribution < 1.29 is 4.79 Å². The molecule has 98 valence electrons. The van der Waals surface area contributed by atoms with Crippen LogP contribution in [-0.2, 0) is 0 Å². The molecule has 1 amide bonds. The molecule has 0 heterocycles. The topological polar surface area (TPSA) is 55.1 Å². The second-order valence-corrected chi connectivity index (χ2v) is 6.17. The van der Waals surface area contributed by atoms with Crippen molar-refractivity contribution in [1.82, 2.24) is 5.32 Å². The van der Waals surface area contributed by atoms with Crippen LogP contribution in [-0.4, -0.2) is 11.9 Å². The lowest BCUT2D eigenvalue weighted by molar-refractivity contribution is 0.0937. The largest absolute Gasteiger partial charge is 0.398 e. The van der Waals surface area contributed by atoms with Gasteiger partial charge in [0, 0.05) is 11.7 Å². The predicted octanol–water partition coefficient (Wildman–Crippen LogP) is 2.89. The number of hydrogen-bond donors (Lipinski definition) is 2. The van der Waals surface area contributed by atoms with E-state index in [1.807, 2.05) is 19.1 Å². The fraction of sp³-hybridized carbons (Fsp3) is 0.533. The molecule has 2 rings (SSSR count). The molecule has 1 fully saturated rings. The van der Waals surface area contributed by atoms with Gasteiger partial charge in [-0.15, -0.1) is 0 Å². The van der Waals surface area contributed by atoms with Crippen LogP contribution >= 0.6 is 0 Å². The molecule has 3 heteroatoms. The summed E-state index contributed by atoms with van der Waals surface area (Å²) < 4.78 is 0. The van der Waals surface area contributed by atoms with E-state index in [2.05, 4.69) is 19.2 Å². The molecule has 1 saturated carbocycles. The highest BCUT2D eigenvalue weighted by atomic mass is 16.1. The zero-order valence-electron chi connectivity index (χ0n) is 11.4. The summed E-state index contributed by atoms with van der Waals surface area (Å²) in [5, 5.41) is 3.10. The number of hydrogen-bond acceptors (Lipinski definition) is 2. The molecule has 1 aromatic carbocycles. The Morgan fingerprint density at radius 3 is 2.78 bits per heavy atom. The lowest BCUT2D eigenvalue weighted by atomic mass is 9.92. The van der Waals surface area contributed by atoms with Crippen LogP contribution in [0.25, 0.3) is 0 Å². The third kappa shape index (κ3) is 2.84. The van der Waals surface area contributed by atoms with E-state index in [0.29, 0.717) is 16.7 Å². The lowest BCUT2D eigenvalue weighted by Gasteiger charge is -2.18. The lowest BCUT2D eigenvalue weighted by Crippen LogP contribution is -2.34. The van der Waals surface area contributed by atoms with E-state index in [4.69, 9.17) is 5.73 Å². The molecular weight excluding hydrogens is 224 g/mol. The third-order valence-corrected chi connectivity index (χ3v) is 3.76. The van der Waals surface area contributed by atoms with Crippen molar-refractivity contribution in [2.45, 2.75) is 46.1 Å². The number of carbonyl (C=O) groups is 1. The summed E-state index contributed by atoms with van der Waals surface area (Å²) in [6.45, 7) is 6.47. The summed E-state index contributed by atoms with van der Waals surface area (Å²) in [6.07, 6.45) is 3.27. The van der Waals surface area contributed by atoms with Crippen molar-refractivity contribution in [3.8, 4) is 0 Å². The molecule has 1 unspecified atom stereocenters. The van der Waals surface area contributed by atoms with Crippen LogP contribution in [0.4, 0.5) is 5.69 Å². The normalized spacial score (nSPS) is 21.8. The highest BCUT2D eigenvalue weighted by molar-refractivity contribution is 5.99. The molecule has 0 aromatic heterocycles. The maximum absolute atomic E-state index is 12.2. The van der Waals surface area contributed by atoms with Gasteiger partial charge < -0.3 is 11.1 Å². The molecule has 0 bridgehead atoms. The zero-order valence-corrected chi connectivity index (χ0v) is 11.4. The van der Waals surface area contributed by atoms with Gasteiger partial charge in [0.15, 0.2) is 0 Å². The summed E-state index contributed by atoms with van der Waals surface area (Å²) in [4.78, 5) is 12.2. The number of nitrogens with one attached hydrogen (secondary N) is 1. The fourth-order valence-electron chi connectivity index (χ4n) is 2.69. The van der Waals surface area contributed by atoms with Gasteiger partial charge in [-0.2, -0.15) is 0 Å². The number of rotatable bonds is 2. The Morgan fingerprint density at radius 1 is 1.44 bits per heavy atom. The minimum absolute atomic E-state index is 0.0427. The van der Waals surface area contributed by atoms with E-state index >= 15 is 0 Å². The Kier molecular flexibility index (Phi) is 3.33. The van der Waals surface area contributed by atoms with Gasteiger partial charge in [-0.05, 0) is 43.7 Å². The first-order chi connectivity index (χ1) is 8.37. The van der Waals surface area contributed by atoms with Crippen molar-refractivity contribution in [1.29, 1.82) is 0 Å². The minimum atomic E-state index is -0.0427. The van der Waals surface area contributed by atoms with Crippen molar-refractivity contribution in [2.24, 2.45) is 5.41 Å². The number of nitrogens with two attached hydrogens (primary N) is 1. The molecule has 18 heavy (non-hydrogen) atoms. The number of carbonyl (C=O) groups excluding carboxylic acids is 1. The Balaban J connectivity index is 2.06. The van der Waals surface area contributed by atoms with Gasteiger partial charge >= 0.3 is 0 Å². The van der Waals surface area contributed by atoms with E-state index in [9.17, 15) is 4.79 Å². The average molecular weight is 246 g/mol. The summed E-state index contributed by atoms with van der Waals surface area (Å²) in [5.74, 6) is -0.0427. The first kappa shape index (κ1) is 12.9. The Hall–Kier alpha value is -1.51. The average Bonchev–Trinajstić information content (AvgIpc) is 2.61. The number of anilines is 1. The first-order valence-corrected chi connectivity index (χ1v) is 6.54. The number of nitrogen functional groups attached to an aromatic ring is 1. The van der Waals surface area contributed by atoms with Gasteiger partial charge in [-0.3, -0.25) is 4.79 Å². The zero-order chi connectivity index (χ0) is 13.3. The van der Waals surface area contributed by atoms with Gasteiger partial charge in [0.05, 0.1) is 5.56 Å². The van der Waals surface area contributed by atoms with Crippen molar-refractivity contribution in [3.63, 3.8) is 0 Å². The van der Waals surface area contributed by atoms with Gasteiger partial charge in [0.1, 0.15) is 0 Å². The van der Waals surface area contributed by atoms with Crippen molar-refractivity contribution in [2.75, 3.05) is 5.73 Å². The van der Waals surface area contributed by atoms with E-state index in [0.717, 1.165) is 18.4 Å². The van der Waals surface area contributed by atoms with Gasteiger partial charge in [0.25, 0.3) is 5.91 Å². The standard InChI is InChI=1S/C15H22N2O/c1-10-4-5-13(16)12(8-10)14(18)17-11-6-7-15(2,3)9-11/h4-5,8,11H,6-7,9,16H2,1-3H3,(H,17,18). The van der Waals surface area contributed by atoms with Crippen molar-refractivity contribution >= 4 is 11.6 Å². The van der Waals surface area contributed by atoms with E-state index in [1.54, 1.807) is 6.07 Å². The Bertz CT molecular complexity index is 466. The van der Waals surface area contributed by atoms with Crippen LogP contribution in [0.5, 0.6) is 0 Å².